The molecule has 0 bridgehead atoms. The number of rotatable bonds is 13. The van der Waals surface area contributed by atoms with Gasteiger partial charge in [0.1, 0.15) is 0 Å². The third-order valence-electron chi connectivity index (χ3n) is 3.69. The molecule has 2 N–H and O–H groups in total. The SMILES string of the molecule is CC(C)S(=O)(=O)NCCCCCNCCSCc1c(Cl)cccc1Cl. The number of hydrogen-bond donors (Lipinski definition) is 2. The van der Waals surface area contributed by atoms with E-state index in [0.29, 0.717) is 6.54 Å². The van der Waals surface area contributed by atoms with Crippen molar-refractivity contribution in [3.63, 3.8) is 0 Å². The van der Waals surface area contributed by atoms with Crippen molar-refractivity contribution in [2.45, 2.75) is 44.1 Å². The van der Waals surface area contributed by atoms with Gasteiger partial charge in [0.25, 0.3) is 0 Å². The lowest BCUT2D eigenvalue weighted by atomic mass is 10.2. The molecule has 0 heterocycles. The summed E-state index contributed by atoms with van der Waals surface area (Å²) in [7, 11) is -3.12. The monoisotopic (exact) mass is 426 g/mol. The summed E-state index contributed by atoms with van der Waals surface area (Å²) in [6, 6.07) is 5.58. The molecule has 0 saturated carbocycles. The van der Waals surface area contributed by atoms with Gasteiger partial charge < -0.3 is 5.32 Å². The van der Waals surface area contributed by atoms with Crippen LogP contribution in [0.15, 0.2) is 18.2 Å². The van der Waals surface area contributed by atoms with E-state index in [9.17, 15) is 8.42 Å². The van der Waals surface area contributed by atoms with E-state index >= 15 is 0 Å². The van der Waals surface area contributed by atoms with Crippen LogP contribution < -0.4 is 10.0 Å². The Morgan fingerprint density at radius 2 is 1.68 bits per heavy atom. The van der Waals surface area contributed by atoms with E-state index in [1.165, 1.54) is 0 Å². The Hall–Kier alpha value is 0.0200. The van der Waals surface area contributed by atoms with E-state index < -0.39 is 10.0 Å². The maximum Gasteiger partial charge on any atom is 0.213 e. The lowest BCUT2D eigenvalue weighted by Crippen LogP contribution is -2.31. The molecule has 1 aromatic rings. The molecule has 0 unspecified atom stereocenters. The largest absolute Gasteiger partial charge is 0.316 e. The van der Waals surface area contributed by atoms with Crippen LogP contribution in [-0.2, 0) is 15.8 Å². The van der Waals surface area contributed by atoms with E-state index in [0.717, 1.165) is 59.5 Å². The highest BCUT2D eigenvalue weighted by Gasteiger charge is 2.13. The lowest BCUT2D eigenvalue weighted by Gasteiger charge is -2.09. The molecule has 144 valence electrons. The Kier molecular flexibility index (Phi) is 11.5. The molecule has 0 atom stereocenters. The number of hydrogen-bond acceptors (Lipinski definition) is 4. The van der Waals surface area contributed by atoms with Gasteiger partial charge in [0.2, 0.25) is 10.0 Å². The van der Waals surface area contributed by atoms with Crippen LogP contribution in [0.5, 0.6) is 0 Å². The fourth-order valence-corrected chi connectivity index (χ4v) is 4.45. The highest BCUT2D eigenvalue weighted by Crippen LogP contribution is 2.27. The second-order valence-corrected chi connectivity index (χ2v) is 10.3. The quantitative estimate of drug-likeness (QED) is 0.461. The highest BCUT2D eigenvalue weighted by molar-refractivity contribution is 7.98. The average Bonchev–Trinajstić information content (AvgIpc) is 2.54. The maximum atomic E-state index is 11.6. The van der Waals surface area contributed by atoms with Crippen LogP contribution in [0, 0.1) is 0 Å². The summed E-state index contributed by atoms with van der Waals surface area (Å²) in [6.07, 6.45) is 2.92. The topological polar surface area (TPSA) is 58.2 Å². The first-order chi connectivity index (χ1) is 11.8. The Morgan fingerprint density at radius 3 is 2.32 bits per heavy atom. The van der Waals surface area contributed by atoms with Gasteiger partial charge in [0, 0.05) is 34.6 Å². The predicted molar refractivity (Wildman–Crippen MR) is 111 cm³/mol. The number of benzene rings is 1. The Morgan fingerprint density at radius 1 is 1.04 bits per heavy atom. The minimum Gasteiger partial charge on any atom is -0.316 e. The molecule has 0 aliphatic heterocycles. The fraction of sp³-hybridized carbons (Fsp3) is 0.647. The Bertz CT molecular complexity index is 590. The third-order valence-corrected chi connectivity index (χ3v) is 7.23. The number of halogens is 2. The molecule has 1 aromatic carbocycles. The molecular formula is C17H28Cl2N2O2S2. The zero-order valence-corrected chi connectivity index (χ0v) is 18.0. The van der Waals surface area contributed by atoms with E-state index in [2.05, 4.69) is 10.0 Å². The smallest absolute Gasteiger partial charge is 0.213 e. The summed E-state index contributed by atoms with van der Waals surface area (Å²) in [6.45, 7) is 5.78. The van der Waals surface area contributed by atoms with Crippen molar-refractivity contribution in [1.82, 2.24) is 10.0 Å². The number of sulfonamides is 1. The number of nitrogens with one attached hydrogen (secondary N) is 2. The van der Waals surface area contributed by atoms with E-state index in [-0.39, 0.29) is 5.25 Å². The third kappa shape index (κ3) is 9.50. The van der Waals surface area contributed by atoms with E-state index in [1.807, 2.05) is 18.2 Å². The summed E-state index contributed by atoms with van der Waals surface area (Å²) >= 11 is 14.1. The number of unbranched alkanes of at least 4 members (excludes halogenated alkanes) is 2. The van der Waals surface area contributed by atoms with Gasteiger partial charge in [-0.25, -0.2) is 13.1 Å². The van der Waals surface area contributed by atoms with Crippen molar-refractivity contribution in [3.05, 3.63) is 33.8 Å². The van der Waals surface area contributed by atoms with Gasteiger partial charge in [0.05, 0.1) is 5.25 Å². The fourth-order valence-electron chi connectivity index (χ4n) is 2.05. The Balaban J connectivity index is 1.97. The molecule has 1 rings (SSSR count). The van der Waals surface area contributed by atoms with Crippen LogP contribution in [0.4, 0.5) is 0 Å². The zero-order valence-electron chi connectivity index (χ0n) is 14.9. The van der Waals surface area contributed by atoms with Crippen LogP contribution >= 0.6 is 35.0 Å². The van der Waals surface area contributed by atoms with Crippen LogP contribution in [0.2, 0.25) is 10.0 Å². The van der Waals surface area contributed by atoms with Gasteiger partial charge in [0.15, 0.2) is 0 Å². The normalized spacial score (nSPS) is 12.0. The van der Waals surface area contributed by atoms with Gasteiger partial charge in [-0.05, 0) is 50.9 Å². The lowest BCUT2D eigenvalue weighted by molar-refractivity contribution is 0.562. The first-order valence-electron chi connectivity index (χ1n) is 8.54. The number of thioether (sulfide) groups is 1. The molecular weight excluding hydrogens is 399 g/mol. The van der Waals surface area contributed by atoms with Crippen molar-refractivity contribution in [2.75, 3.05) is 25.4 Å². The standard InChI is InChI=1S/C17H28Cl2N2O2S2/c1-14(2)25(22,23)21-10-5-3-4-9-20-11-12-24-13-15-16(18)7-6-8-17(15)19/h6-8,14,20-21H,3-5,9-13H2,1-2H3. The second kappa shape index (κ2) is 12.4. The van der Waals surface area contributed by atoms with Crippen LogP contribution in [0.1, 0.15) is 38.7 Å². The van der Waals surface area contributed by atoms with Gasteiger partial charge in [-0.1, -0.05) is 35.7 Å². The summed E-state index contributed by atoms with van der Waals surface area (Å²) in [5, 5.41) is 4.48. The van der Waals surface area contributed by atoms with Crippen molar-refractivity contribution < 1.29 is 8.42 Å². The van der Waals surface area contributed by atoms with Crippen LogP contribution in [0.3, 0.4) is 0 Å². The summed E-state index contributed by atoms with van der Waals surface area (Å²) in [5.74, 6) is 1.81. The van der Waals surface area contributed by atoms with Gasteiger partial charge in [-0.3, -0.25) is 0 Å². The first-order valence-corrected chi connectivity index (χ1v) is 12.0. The van der Waals surface area contributed by atoms with Crippen molar-refractivity contribution in [1.29, 1.82) is 0 Å². The molecule has 0 fully saturated rings. The van der Waals surface area contributed by atoms with Crippen LogP contribution in [-0.4, -0.2) is 39.1 Å². The maximum absolute atomic E-state index is 11.6. The first kappa shape index (κ1) is 23.1. The highest BCUT2D eigenvalue weighted by atomic mass is 35.5. The molecule has 0 radical (unpaired) electrons. The van der Waals surface area contributed by atoms with Crippen molar-refractivity contribution in [2.24, 2.45) is 0 Å². The predicted octanol–water partition coefficient (Wildman–Crippen LogP) is 4.31. The molecule has 0 amide bonds. The summed E-state index contributed by atoms with van der Waals surface area (Å²) < 4.78 is 25.8. The average molecular weight is 427 g/mol. The Labute approximate surface area is 166 Å². The molecule has 0 spiro atoms. The molecule has 25 heavy (non-hydrogen) atoms. The zero-order chi connectivity index (χ0) is 18.7. The van der Waals surface area contributed by atoms with Crippen molar-refractivity contribution >= 4 is 45.0 Å². The second-order valence-electron chi connectivity index (χ2n) is 6.05. The summed E-state index contributed by atoms with van der Waals surface area (Å²) in [5.41, 5.74) is 1.000. The van der Waals surface area contributed by atoms with Gasteiger partial charge >= 0.3 is 0 Å². The molecule has 0 aliphatic rings. The van der Waals surface area contributed by atoms with E-state index in [1.54, 1.807) is 25.6 Å². The van der Waals surface area contributed by atoms with Crippen LogP contribution in [0.25, 0.3) is 0 Å². The summed E-state index contributed by atoms with van der Waals surface area (Å²) in [4.78, 5) is 0. The molecule has 4 nitrogen and oxygen atoms in total. The van der Waals surface area contributed by atoms with Gasteiger partial charge in [-0.2, -0.15) is 11.8 Å². The van der Waals surface area contributed by atoms with Crippen molar-refractivity contribution in [3.8, 4) is 0 Å². The minimum atomic E-state index is -3.12. The molecule has 0 aliphatic carbocycles. The molecule has 0 saturated heterocycles. The molecule has 8 heteroatoms. The minimum absolute atomic E-state index is 0.368. The van der Waals surface area contributed by atoms with E-state index in [4.69, 9.17) is 23.2 Å². The van der Waals surface area contributed by atoms with Gasteiger partial charge in [-0.15, -0.1) is 0 Å². The molecule has 0 aromatic heterocycles.